The van der Waals surface area contributed by atoms with E-state index in [2.05, 4.69) is 4.84 Å². The molecule has 0 aliphatic carbocycles. The van der Waals surface area contributed by atoms with Gasteiger partial charge in [-0.15, -0.1) is 0 Å². The fourth-order valence-corrected chi connectivity index (χ4v) is 0.900. The van der Waals surface area contributed by atoms with E-state index in [-0.39, 0.29) is 5.95 Å². The van der Waals surface area contributed by atoms with Crippen LogP contribution in [-0.4, -0.2) is 5.11 Å². The predicted octanol–water partition coefficient (Wildman–Crippen LogP) is 1.82. The molecule has 1 rings (SSSR count). The Kier molecular flexibility index (Phi) is 2.71. The van der Waals surface area contributed by atoms with Crippen molar-refractivity contribution in [2.45, 2.75) is 6.92 Å². The SMILES string of the molecule is C/C(=C(/O)ON)c1ccccc1. The fourth-order valence-electron chi connectivity index (χ4n) is 0.900. The highest BCUT2D eigenvalue weighted by Crippen LogP contribution is 2.15. The van der Waals surface area contributed by atoms with Crippen LogP contribution >= 0.6 is 0 Å². The molecule has 0 atom stereocenters. The molecule has 0 saturated heterocycles. The second-order valence-corrected chi connectivity index (χ2v) is 2.41. The first kappa shape index (κ1) is 8.62. The lowest BCUT2D eigenvalue weighted by Crippen LogP contribution is -2.00. The Hall–Kier alpha value is -1.48. The topological polar surface area (TPSA) is 55.5 Å². The molecular formula is C9H11NO2. The molecule has 1 aromatic rings. The van der Waals surface area contributed by atoms with Gasteiger partial charge >= 0.3 is 0 Å². The van der Waals surface area contributed by atoms with Gasteiger partial charge in [-0.25, -0.2) is 0 Å². The van der Waals surface area contributed by atoms with Gasteiger partial charge in [0.1, 0.15) is 0 Å². The summed E-state index contributed by atoms with van der Waals surface area (Å²) in [5.74, 6) is 4.55. The molecule has 0 aliphatic rings. The second-order valence-electron chi connectivity index (χ2n) is 2.41. The molecule has 0 amide bonds. The van der Waals surface area contributed by atoms with E-state index >= 15 is 0 Å². The first-order valence-electron chi connectivity index (χ1n) is 3.57. The van der Waals surface area contributed by atoms with Crippen molar-refractivity contribution in [3.63, 3.8) is 0 Å². The molecule has 0 saturated carbocycles. The minimum atomic E-state index is -0.249. The van der Waals surface area contributed by atoms with Crippen molar-refractivity contribution < 1.29 is 9.94 Å². The van der Waals surface area contributed by atoms with Gasteiger partial charge in [0, 0.05) is 5.57 Å². The summed E-state index contributed by atoms with van der Waals surface area (Å²) in [5, 5.41) is 9.11. The van der Waals surface area contributed by atoms with Crippen LogP contribution in [0.4, 0.5) is 0 Å². The number of hydrogen-bond acceptors (Lipinski definition) is 3. The first-order valence-corrected chi connectivity index (χ1v) is 3.57. The molecule has 0 spiro atoms. The third kappa shape index (κ3) is 1.77. The average Bonchev–Trinajstić information content (AvgIpc) is 2.17. The first-order chi connectivity index (χ1) is 5.75. The van der Waals surface area contributed by atoms with Crippen LogP contribution in [0.25, 0.3) is 5.57 Å². The fraction of sp³-hybridized carbons (Fsp3) is 0.111. The van der Waals surface area contributed by atoms with Crippen molar-refractivity contribution in [2.24, 2.45) is 5.90 Å². The monoisotopic (exact) mass is 165 g/mol. The third-order valence-electron chi connectivity index (χ3n) is 1.64. The van der Waals surface area contributed by atoms with E-state index in [0.29, 0.717) is 5.57 Å². The van der Waals surface area contributed by atoms with Crippen LogP contribution in [-0.2, 0) is 4.84 Å². The van der Waals surface area contributed by atoms with Crippen LogP contribution < -0.4 is 5.90 Å². The van der Waals surface area contributed by atoms with Crippen molar-refractivity contribution in [3.8, 4) is 0 Å². The Labute approximate surface area is 71.0 Å². The van der Waals surface area contributed by atoms with Crippen molar-refractivity contribution in [1.82, 2.24) is 0 Å². The van der Waals surface area contributed by atoms with Crippen molar-refractivity contribution in [2.75, 3.05) is 0 Å². The number of allylic oxidation sites excluding steroid dienone is 1. The zero-order chi connectivity index (χ0) is 8.97. The van der Waals surface area contributed by atoms with Crippen LogP contribution in [0.15, 0.2) is 36.3 Å². The number of benzene rings is 1. The van der Waals surface area contributed by atoms with Gasteiger partial charge in [0.05, 0.1) is 0 Å². The van der Waals surface area contributed by atoms with Crippen LogP contribution in [0, 0.1) is 0 Å². The maximum atomic E-state index is 9.11. The molecule has 0 bridgehead atoms. The Morgan fingerprint density at radius 2 is 1.92 bits per heavy atom. The van der Waals surface area contributed by atoms with E-state index in [1.54, 1.807) is 6.92 Å². The smallest absolute Gasteiger partial charge is 0.300 e. The molecule has 0 aromatic heterocycles. The van der Waals surface area contributed by atoms with Crippen molar-refractivity contribution in [3.05, 3.63) is 41.8 Å². The van der Waals surface area contributed by atoms with E-state index in [1.165, 1.54) is 0 Å². The summed E-state index contributed by atoms with van der Waals surface area (Å²) in [7, 11) is 0. The molecule has 3 heteroatoms. The highest BCUT2D eigenvalue weighted by Gasteiger charge is 2.01. The van der Waals surface area contributed by atoms with E-state index in [0.717, 1.165) is 5.56 Å². The van der Waals surface area contributed by atoms with Crippen molar-refractivity contribution in [1.29, 1.82) is 0 Å². The number of aliphatic hydroxyl groups is 1. The summed E-state index contributed by atoms with van der Waals surface area (Å²) in [6, 6.07) is 9.39. The molecule has 0 radical (unpaired) electrons. The summed E-state index contributed by atoms with van der Waals surface area (Å²) in [4.78, 5) is 4.20. The molecule has 12 heavy (non-hydrogen) atoms. The van der Waals surface area contributed by atoms with Gasteiger partial charge in [0.2, 0.25) is 0 Å². The van der Waals surface area contributed by atoms with Crippen LogP contribution in [0.2, 0.25) is 0 Å². The number of aliphatic hydroxyl groups excluding tert-OH is 1. The molecular weight excluding hydrogens is 154 g/mol. The van der Waals surface area contributed by atoms with Gasteiger partial charge < -0.3 is 9.94 Å². The van der Waals surface area contributed by atoms with E-state index < -0.39 is 0 Å². The molecule has 0 unspecified atom stereocenters. The van der Waals surface area contributed by atoms with Gasteiger partial charge in [-0.1, -0.05) is 30.3 Å². The van der Waals surface area contributed by atoms with Gasteiger partial charge in [-0.3, -0.25) is 0 Å². The van der Waals surface area contributed by atoms with Gasteiger partial charge in [0.25, 0.3) is 5.95 Å². The molecule has 0 heterocycles. The second kappa shape index (κ2) is 3.78. The maximum absolute atomic E-state index is 9.11. The van der Waals surface area contributed by atoms with Gasteiger partial charge in [-0.2, -0.15) is 5.90 Å². The zero-order valence-corrected chi connectivity index (χ0v) is 6.82. The van der Waals surface area contributed by atoms with Gasteiger partial charge in [-0.05, 0) is 12.5 Å². The summed E-state index contributed by atoms with van der Waals surface area (Å²) >= 11 is 0. The van der Waals surface area contributed by atoms with E-state index in [1.807, 2.05) is 30.3 Å². The molecule has 1 aromatic carbocycles. The molecule has 64 valence electrons. The minimum absolute atomic E-state index is 0.249. The van der Waals surface area contributed by atoms with E-state index in [9.17, 15) is 0 Å². The number of hydrogen-bond donors (Lipinski definition) is 2. The lowest BCUT2D eigenvalue weighted by Gasteiger charge is -2.02. The minimum Gasteiger partial charge on any atom is -0.480 e. The summed E-state index contributed by atoms with van der Waals surface area (Å²) in [6.07, 6.45) is 0. The molecule has 3 nitrogen and oxygen atoms in total. The van der Waals surface area contributed by atoms with Crippen molar-refractivity contribution >= 4 is 5.57 Å². The lowest BCUT2D eigenvalue weighted by atomic mass is 10.1. The van der Waals surface area contributed by atoms with Gasteiger partial charge in [0.15, 0.2) is 0 Å². The number of rotatable bonds is 2. The van der Waals surface area contributed by atoms with Crippen LogP contribution in [0.5, 0.6) is 0 Å². The van der Waals surface area contributed by atoms with Crippen LogP contribution in [0.3, 0.4) is 0 Å². The third-order valence-corrected chi connectivity index (χ3v) is 1.64. The average molecular weight is 165 g/mol. The molecule has 0 aliphatic heterocycles. The Bertz CT molecular complexity index is 280. The lowest BCUT2D eigenvalue weighted by molar-refractivity contribution is 0.0970. The summed E-state index contributed by atoms with van der Waals surface area (Å²) in [5.41, 5.74) is 1.51. The Balaban J connectivity index is 3.00. The maximum Gasteiger partial charge on any atom is 0.300 e. The molecule has 3 N–H and O–H groups in total. The zero-order valence-electron chi connectivity index (χ0n) is 6.82. The standard InChI is InChI=1S/C9H11NO2/c1-7(9(11)12-10)8-5-3-2-4-6-8/h2-6,11H,10H2,1H3/b9-7+. The highest BCUT2D eigenvalue weighted by molar-refractivity contribution is 5.63. The summed E-state index contributed by atoms with van der Waals surface area (Å²) in [6.45, 7) is 1.73. The quantitative estimate of drug-likeness (QED) is 0.519. The number of nitrogens with two attached hydrogens (primary N) is 1. The normalized spacial score (nSPS) is 12.2. The van der Waals surface area contributed by atoms with E-state index in [4.69, 9.17) is 11.0 Å². The van der Waals surface area contributed by atoms with Crippen LogP contribution in [0.1, 0.15) is 12.5 Å². The predicted molar refractivity (Wildman–Crippen MR) is 46.9 cm³/mol. The Morgan fingerprint density at radius 1 is 1.33 bits per heavy atom. The highest BCUT2D eigenvalue weighted by atomic mass is 16.7. The molecule has 0 fully saturated rings. The summed E-state index contributed by atoms with van der Waals surface area (Å²) < 4.78 is 0. The largest absolute Gasteiger partial charge is 0.480 e. The Morgan fingerprint density at radius 3 is 2.42 bits per heavy atom.